The molecule has 0 aromatic carbocycles. The van der Waals surface area contributed by atoms with Crippen LogP contribution >= 0.6 is 0 Å². The van der Waals surface area contributed by atoms with Gasteiger partial charge in [-0.05, 0) is 24.0 Å². The minimum atomic E-state index is -0.950. The van der Waals surface area contributed by atoms with E-state index in [0.717, 1.165) is 0 Å². The second-order valence-electron chi connectivity index (χ2n) is 5.91. The zero-order chi connectivity index (χ0) is 15.3. The van der Waals surface area contributed by atoms with Crippen molar-refractivity contribution in [2.24, 2.45) is 11.8 Å². The van der Waals surface area contributed by atoms with Crippen LogP contribution in [0, 0.1) is 11.8 Å². The van der Waals surface area contributed by atoms with E-state index in [-0.39, 0.29) is 12.5 Å². The van der Waals surface area contributed by atoms with Crippen LogP contribution in [0.4, 0.5) is 0 Å². The third-order valence-corrected chi connectivity index (χ3v) is 2.81. The molecule has 20 heavy (non-hydrogen) atoms. The highest BCUT2D eigenvalue weighted by molar-refractivity contribution is 5.93. The fourth-order valence-electron chi connectivity index (χ4n) is 2.18. The molecule has 0 saturated carbocycles. The Morgan fingerprint density at radius 3 is 2.20 bits per heavy atom. The number of carboxylic acid groups (broad SMARTS) is 1. The first kappa shape index (κ1) is 16.3. The molecular formula is C15H24N2O3. The molecule has 0 radical (unpaired) electrons. The Labute approximate surface area is 120 Å². The third-order valence-electron chi connectivity index (χ3n) is 2.81. The molecule has 112 valence electrons. The van der Waals surface area contributed by atoms with Gasteiger partial charge >= 0.3 is 5.97 Å². The lowest BCUT2D eigenvalue weighted by Crippen LogP contribution is -2.38. The third kappa shape index (κ3) is 4.72. The van der Waals surface area contributed by atoms with Gasteiger partial charge in [-0.1, -0.05) is 27.7 Å². The summed E-state index contributed by atoms with van der Waals surface area (Å²) < 4.78 is 1.48. The van der Waals surface area contributed by atoms with Crippen molar-refractivity contribution in [2.45, 2.75) is 34.2 Å². The number of aliphatic carboxylic acids is 1. The Hall–Kier alpha value is -1.78. The fourth-order valence-corrected chi connectivity index (χ4v) is 2.18. The van der Waals surface area contributed by atoms with E-state index < -0.39 is 5.97 Å². The van der Waals surface area contributed by atoms with Gasteiger partial charge in [-0.2, -0.15) is 0 Å². The van der Waals surface area contributed by atoms with E-state index in [9.17, 15) is 9.59 Å². The Morgan fingerprint density at radius 1 is 1.20 bits per heavy atom. The Balaban J connectivity index is 2.93. The van der Waals surface area contributed by atoms with Crippen LogP contribution < -0.4 is 0 Å². The highest BCUT2D eigenvalue weighted by atomic mass is 16.4. The van der Waals surface area contributed by atoms with Crippen molar-refractivity contribution in [3.05, 3.63) is 24.0 Å². The molecule has 0 spiro atoms. The van der Waals surface area contributed by atoms with Gasteiger partial charge in [0, 0.05) is 19.3 Å². The minimum absolute atomic E-state index is 0.0985. The maximum Gasteiger partial charge on any atom is 0.323 e. The van der Waals surface area contributed by atoms with Crippen molar-refractivity contribution in [1.29, 1.82) is 0 Å². The summed E-state index contributed by atoms with van der Waals surface area (Å²) in [6.07, 6.45) is 1.63. The van der Waals surface area contributed by atoms with E-state index in [1.165, 1.54) is 4.57 Å². The zero-order valence-electron chi connectivity index (χ0n) is 12.7. The summed E-state index contributed by atoms with van der Waals surface area (Å²) in [5.41, 5.74) is 0.439. The zero-order valence-corrected chi connectivity index (χ0v) is 12.7. The number of amides is 1. The molecule has 0 unspecified atom stereocenters. The Kier molecular flexibility index (Phi) is 5.80. The second kappa shape index (κ2) is 7.12. The maximum atomic E-state index is 12.6. The molecule has 0 atom stereocenters. The van der Waals surface area contributed by atoms with Gasteiger partial charge < -0.3 is 14.6 Å². The van der Waals surface area contributed by atoms with Gasteiger partial charge in [0.05, 0.1) is 0 Å². The van der Waals surface area contributed by atoms with Crippen LogP contribution in [-0.2, 0) is 11.3 Å². The SMILES string of the molecule is CC(C)CN(CC(C)C)C(=O)c1cccn1CC(=O)O. The molecule has 0 aliphatic heterocycles. The second-order valence-corrected chi connectivity index (χ2v) is 5.91. The van der Waals surface area contributed by atoms with Crippen molar-refractivity contribution in [2.75, 3.05) is 13.1 Å². The topological polar surface area (TPSA) is 62.5 Å². The van der Waals surface area contributed by atoms with Gasteiger partial charge in [0.15, 0.2) is 0 Å². The van der Waals surface area contributed by atoms with E-state index in [0.29, 0.717) is 30.6 Å². The van der Waals surface area contributed by atoms with E-state index in [4.69, 9.17) is 5.11 Å². The number of carboxylic acids is 1. The van der Waals surface area contributed by atoms with Crippen LogP contribution in [0.5, 0.6) is 0 Å². The van der Waals surface area contributed by atoms with Crippen LogP contribution in [0.1, 0.15) is 38.2 Å². The highest BCUT2D eigenvalue weighted by Crippen LogP contribution is 2.11. The first-order valence-corrected chi connectivity index (χ1v) is 6.97. The molecule has 0 fully saturated rings. The van der Waals surface area contributed by atoms with Crippen LogP contribution in [0.25, 0.3) is 0 Å². The predicted octanol–water partition coefficient (Wildman–Crippen LogP) is 2.33. The van der Waals surface area contributed by atoms with E-state index in [1.54, 1.807) is 18.3 Å². The Morgan fingerprint density at radius 2 is 1.75 bits per heavy atom. The van der Waals surface area contributed by atoms with Crippen LogP contribution in [-0.4, -0.2) is 39.5 Å². The average Bonchev–Trinajstić information content (AvgIpc) is 2.73. The van der Waals surface area contributed by atoms with Crippen LogP contribution in [0.3, 0.4) is 0 Å². The summed E-state index contributed by atoms with van der Waals surface area (Å²) >= 11 is 0. The summed E-state index contributed by atoms with van der Waals surface area (Å²) in [4.78, 5) is 25.2. The highest BCUT2D eigenvalue weighted by Gasteiger charge is 2.21. The van der Waals surface area contributed by atoms with E-state index >= 15 is 0 Å². The van der Waals surface area contributed by atoms with Gasteiger partial charge in [-0.25, -0.2) is 0 Å². The lowest BCUT2D eigenvalue weighted by molar-refractivity contribution is -0.137. The normalized spacial score (nSPS) is 11.1. The summed E-state index contributed by atoms with van der Waals surface area (Å²) in [7, 11) is 0. The minimum Gasteiger partial charge on any atom is -0.480 e. The van der Waals surface area contributed by atoms with E-state index in [2.05, 4.69) is 27.7 Å². The lowest BCUT2D eigenvalue weighted by Gasteiger charge is -2.26. The monoisotopic (exact) mass is 280 g/mol. The van der Waals surface area contributed by atoms with Crippen molar-refractivity contribution < 1.29 is 14.7 Å². The van der Waals surface area contributed by atoms with E-state index in [1.807, 2.05) is 4.90 Å². The standard InChI is InChI=1S/C15H24N2O3/c1-11(2)8-17(9-12(3)4)15(20)13-6-5-7-16(13)10-14(18)19/h5-7,11-12H,8-10H2,1-4H3,(H,18,19). The number of carbonyl (C=O) groups excluding carboxylic acids is 1. The smallest absolute Gasteiger partial charge is 0.323 e. The van der Waals surface area contributed by atoms with Crippen molar-refractivity contribution in [3.8, 4) is 0 Å². The number of aromatic nitrogens is 1. The molecule has 1 N–H and O–H groups in total. The molecule has 0 aliphatic rings. The van der Waals surface area contributed by atoms with Crippen molar-refractivity contribution >= 4 is 11.9 Å². The molecule has 5 nitrogen and oxygen atoms in total. The van der Waals surface area contributed by atoms with Crippen molar-refractivity contribution in [3.63, 3.8) is 0 Å². The summed E-state index contributed by atoms with van der Waals surface area (Å²) in [5.74, 6) is -0.297. The van der Waals surface area contributed by atoms with Gasteiger partial charge in [0.1, 0.15) is 12.2 Å². The number of nitrogens with zero attached hydrogens (tertiary/aromatic N) is 2. The Bertz CT molecular complexity index is 453. The quantitative estimate of drug-likeness (QED) is 0.833. The van der Waals surface area contributed by atoms with Gasteiger partial charge in [0.25, 0.3) is 5.91 Å². The first-order valence-electron chi connectivity index (χ1n) is 6.97. The van der Waals surface area contributed by atoms with Gasteiger partial charge in [-0.15, -0.1) is 0 Å². The summed E-state index contributed by atoms with van der Waals surface area (Å²) in [6, 6.07) is 3.39. The van der Waals surface area contributed by atoms with Crippen LogP contribution in [0.2, 0.25) is 0 Å². The molecule has 1 heterocycles. The van der Waals surface area contributed by atoms with Crippen molar-refractivity contribution in [1.82, 2.24) is 9.47 Å². The number of hydrogen-bond acceptors (Lipinski definition) is 2. The molecular weight excluding hydrogens is 256 g/mol. The molecule has 5 heteroatoms. The maximum absolute atomic E-state index is 12.6. The molecule has 0 saturated heterocycles. The molecule has 1 rings (SSSR count). The van der Waals surface area contributed by atoms with Crippen LogP contribution in [0.15, 0.2) is 18.3 Å². The number of rotatable bonds is 7. The molecule has 1 amide bonds. The van der Waals surface area contributed by atoms with Gasteiger partial charge in [-0.3, -0.25) is 9.59 Å². The molecule has 0 bridgehead atoms. The predicted molar refractivity (Wildman–Crippen MR) is 77.6 cm³/mol. The van der Waals surface area contributed by atoms with Gasteiger partial charge in [0.2, 0.25) is 0 Å². The molecule has 1 aromatic rings. The number of hydrogen-bond donors (Lipinski definition) is 1. The molecule has 1 aromatic heterocycles. The average molecular weight is 280 g/mol. The first-order chi connectivity index (χ1) is 9.31. The lowest BCUT2D eigenvalue weighted by atomic mass is 10.1. The number of carbonyl (C=O) groups is 2. The molecule has 0 aliphatic carbocycles. The summed E-state index contributed by atoms with van der Waals surface area (Å²) in [5, 5.41) is 8.88. The summed E-state index contributed by atoms with van der Waals surface area (Å²) in [6.45, 7) is 9.43. The fraction of sp³-hybridized carbons (Fsp3) is 0.600. The largest absolute Gasteiger partial charge is 0.480 e.